The zero-order valence-corrected chi connectivity index (χ0v) is 12.7. The van der Waals surface area contributed by atoms with E-state index in [1.807, 2.05) is 12.4 Å². The van der Waals surface area contributed by atoms with E-state index < -0.39 is 0 Å². The van der Waals surface area contributed by atoms with Crippen molar-refractivity contribution in [3.63, 3.8) is 0 Å². The van der Waals surface area contributed by atoms with Crippen molar-refractivity contribution in [3.8, 4) is 0 Å². The molecule has 2 heteroatoms. The Kier molecular flexibility index (Phi) is 4.91. The summed E-state index contributed by atoms with van der Waals surface area (Å²) in [6.07, 6.45) is 6.03. The molecule has 1 aromatic heterocycles. The molecular formula is C18H24N2. The van der Waals surface area contributed by atoms with Crippen LogP contribution in [0.4, 0.5) is 0 Å². The summed E-state index contributed by atoms with van der Waals surface area (Å²) in [5, 5.41) is 3.65. The van der Waals surface area contributed by atoms with Crippen molar-refractivity contribution in [1.29, 1.82) is 0 Å². The molecule has 1 N–H and O–H groups in total. The number of hydrogen-bond donors (Lipinski definition) is 1. The molecule has 2 aromatic rings. The summed E-state index contributed by atoms with van der Waals surface area (Å²) in [5.41, 5.74) is 4.10. The lowest BCUT2D eigenvalue weighted by Crippen LogP contribution is -2.39. The van der Waals surface area contributed by atoms with Gasteiger partial charge >= 0.3 is 0 Å². The summed E-state index contributed by atoms with van der Waals surface area (Å²) in [7, 11) is 0. The van der Waals surface area contributed by atoms with Crippen molar-refractivity contribution < 1.29 is 0 Å². The highest BCUT2D eigenvalue weighted by atomic mass is 14.9. The summed E-state index contributed by atoms with van der Waals surface area (Å²) in [5.74, 6) is 0. The average molecular weight is 268 g/mol. The van der Waals surface area contributed by atoms with E-state index in [2.05, 4.69) is 67.5 Å². The molecule has 0 unspecified atom stereocenters. The first-order valence-corrected chi connectivity index (χ1v) is 7.25. The lowest BCUT2D eigenvalue weighted by molar-refractivity contribution is 0.360. The van der Waals surface area contributed by atoms with Crippen LogP contribution >= 0.6 is 0 Å². The first-order chi connectivity index (χ1) is 9.57. The van der Waals surface area contributed by atoms with E-state index in [1.54, 1.807) is 0 Å². The van der Waals surface area contributed by atoms with Gasteiger partial charge in [-0.3, -0.25) is 4.98 Å². The van der Waals surface area contributed by atoms with Crippen LogP contribution in [0.3, 0.4) is 0 Å². The molecule has 0 aliphatic carbocycles. The van der Waals surface area contributed by atoms with Crippen LogP contribution in [0.1, 0.15) is 37.0 Å². The second-order valence-electron chi connectivity index (χ2n) is 6.03. The monoisotopic (exact) mass is 268 g/mol. The van der Waals surface area contributed by atoms with Crippen LogP contribution in [0.2, 0.25) is 0 Å². The van der Waals surface area contributed by atoms with E-state index in [0.717, 1.165) is 19.4 Å². The molecule has 0 fully saturated rings. The molecule has 0 bridgehead atoms. The van der Waals surface area contributed by atoms with Crippen molar-refractivity contribution in [2.75, 3.05) is 0 Å². The minimum Gasteiger partial charge on any atom is -0.308 e. The minimum absolute atomic E-state index is 0.123. The van der Waals surface area contributed by atoms with E-state index in [0.29, 0.717) is 0 Å². The highest BCUT2D eigenvalue weighted by Crippen LogP contribution is 2.15. The Morgan fingerprint density at radius 3 is 2.55 bits per heavy atom. The lowest BCUT2D eigenvalue weighted by atomic mass is 9.95. The molecule has 2 rings (SSSR count). The molecule has 20 heavy (non-hydrogen) atoms. The van der Waals surface area contributed by atoms with Crippen molar-refractivity contribution in [3.05, 3.63) is 65.5 Å². The van der Waals surface area contributed by atoms with Gasteiger partial charge in [-0.25, -0.2) is 0 Å². The SMILES string of the molecule is Cc1ccncc1CNC(C)(C)CCc1ccccc1. The fourth-order valence-electron chi connectivity index (χ4n) is 2.21. The first-order valence-electron chi connectivity index (χ1n) is 7.25. The Morgan fingerprint density at radius 2 is 1.85 bits per heavy atom. The largest absolute Gasteiger partial charge is 0.308 e. The summed E-state index contributed by atoms with van der Waals surface area (Å²) in [4.78, 5) is 4.20. The second-order valence-corrected chi connectivity index (χ2v) is 6.03. The molecule has 0 saturated carbocycles. The minimum atomic E-state index is 0.123. The van der Waals surface area contributed by atoms with Crippen LogP contribution < -0.4 is 5.32 Å². The number of nitrogens with one attached hydrogen (secondary N) is 1. The predicted molar refractivity (Wildman–Crippen MR) is 84.7 cm³/mol. The standard InChI is InChI=1S/C18H24N2/c1-15-10-12-19-13-17(15)14-20-18(2,3)11-9-16-7-5-4-6-8-16/h4-8,10,12-13,20H,9,11,14H2,1-3H3. The molecule has 0 saturated heterocycles. The molecule has 1 aromatic carbocycles. The van der Waals surface area contributed by atoms with Crippen LogP contribution in [0.5, 0.6) is 0 Å². The van der Waals surface area contributed by atoms with Gasteiger partial charge in [0.2, 0.25) is 0 Å². The fraction of sp³-hybridized carbons (Fsp3) is 0.389. The smallest absolute Gasteiger partial charge is 0.0315 e. The highest BCUT2D eigenvalue weighted by Gasteiger charge is 2.17. The van der Waals surface area contributed by atoms with Gasteiger partial charge in [-0.15, -0.1) is 0 Å². The second kappa shape index (κ2) is 6.67. The van der Waals surface area contributed by atoms with Gasteiger partial charge in [0.1, 0.15) is 0 Å². The molecule has 0 spiro atoms. The highest BCUT2D eigenvalue weighted by molar-refractivity contribution is 5.21. The molecule has 0 atom stereocenters. The van der Waals surface area contributed by atoms with Crippen LogP contribution in [-0.4, -0.2) is 10.5 Å². The summed E-state index contributed by atoms with van der Waals surface area (Å²) in [6, 6.07) is 12.7. The van der Waals surface area contributed by atoms with Gasteiger partial charge in [-0.1, -0.05) is 30.3 Å². The van der Waals surface area contributed by atoms with E-state index in [-0.39, 0.29) is 5.54 Å². The van der Waals surface area contributed by atoms with Crippen molar-refractivity contribution in [2.45, 2.75) is 45.7 Å². The Hall–Kier alpha value is -1.67. The summed E-state index contributed by atoms with van der Waals surface area (Å²) in [6.45, 7) is 7.54. The van der Waals surface area contributed by atoms with E-state index in [4.69, 9.17) is 0 Å². The predicted octanol–water partition coefficient (Wildman–Crippen LogP) is 3.89. The van der Waals surface area contributed by atoms with E-state index in [1.165, 1.54) is 16.7 Å². The van der Waals surface area contributed by atoms with Crippen molar-refractivity contribution >= 4 is 0 Å². The van der Waals surface area contributed by atoms with Gasteiger partial charge < -0.3 is 5.32 Å². The van der Waals surface area contributed by atoms with Gasteiger partial charge in [-0.2, -0.15) is 0 Å². The number of rotatable bonds is 6. The number of aromatic nitrogens is 1. The van der Waals surface area contributed by atoms with E-state index >= 15 is 0 Å². The van der Waals surface area contributed by atoms with Gasteiger partial charge in [-0.05, 0) is 56.4 Å². The van der Waals surface area contributed by atoms with Crippen LogP contribution in [0.25, 0.3) is 0 Å². The maximum absolute atomic E-state index is 4.20. The average Bonchev–Trinajstić information content (AvgIpc) is 2.46. The number of benzene rings is 1. The first kappa shape index (κ1) is 14.7. The topological polar surface area (TPSA) is 24.9 Å². The number of nitrogens with zero attached hydrogens (tertiary/aromatic N) is 1. The molecule has 106 valence electrons. The zero-order valence-electron chi connectivity index (χ0n) is 12.7. The zero-order chi connectivity index (χ0) is 14.4. The molecule has 1 heterocycles. The van der Waals surface area contributed by atoms with Gasteiger partial charge in [0.25, 0.3) is 0 Å². The molecule has 0 aliphatic rings. The van der Waals surface area contributed by atoms with Crippen molar-refractivity contribution in [1.82, 2.24) is 10.3 Å². The Bertz CT molecular complexity index is 532. The van der Waals surface area contributed by atoms with Crippen molar-refractivity contribution in [2.24, 2.45) is 0 Å². The fourth-order valence-corrected chi connectivity index (χ4v) is 2.21. The summed E-state index contributed by atoms with van der Waals surface area (Å²) < 4.78 is 0. The molecule has 0 aliphatic heterocycles. The maximum Gasteiger partial charge on any atom is 0.0315 e. The van der Waals surface area contributed by atoms with Crippen LogP contribution in [0.15, 0.2) is 48.8 Å². The third-order valence-corrected chi connectivity index (χ3v) is 3.79. The lowest BCUT2D eigenvalue weighted by Gasteiger charge is -2.27. The normalized spacial score (nSPS) is 11.6. The van der Waals surface area contributed by atoms with Crippen LogP contribution in [-0.2, 0) is 13.0 Å². The molecule has 0 amide bonds. The van der Waals surface area contributed by atoms with Gasteiger partial charge in [0, 0.05) is 24.5 Å². The Morgan fingerprint density at radius 1 is 1.10 bits per heavy atom. The van der Waals surface area contributed by atoms with Crippen LogP contribution in [0, 0.1) is 6.92 Å². The number of aryl methyl sites for hydroxylation is 2. The Labute approximate surface area is 122 Å². The number of hydrogen-bond acceptors (Lipinski definition) is 2. The molecule has 2 nitrogen and oxygen atoms in total. The third kappa shape index (κ3) is 4.46. The number of pyridine rings is 1. The molecular weight excluding hydrogens is 244 g/mol. The van der Waals surface area contributed by atoms with Gasteiger partial charge in [0.05, 0.1) is 0 Å². The summed E-state index contributed by atoms with van der Waals surface area (Å²) >= 11 is 0. The quantitative estimate of drug-likeness (QED) is 0.859. The third-order valence-electron chi connectivity index (χ3n) is 3.79. The van der Waals surface area contributed by atoms with E-state index in [9.17, 15) is 0 Å². The Balaban J connectivity index is 1.86. The van der Waals surface area contributed by atoms with Gasteiger partial charge in [0.15, 0.2) is 0 Å². The molecule has 0 radical (unpaired) electrons. The maximum atomic E-state index is 4.20.